The molecule has 0 aromatic carbocycles. The van der Waals surface area contributed by atoms with E-state index in [0.717, 1.165) is 5.69 Å². The summed E-state index contributed by atoms with van der Waals surface area (Å²) in [6.07, 6.45) is 6.57. The van der Waals surface area contributed by atoms with Crippen molar-refractivity contribution in [1.82, 2.24) is 34.6 Å². The molecule has 1 aliphatic heterocycles. The van der Waals surface area contributed by atoms with Crippen LogP contribution in [0.25, 0.3) is 22.6 Å². The van der Waals surface area contributed by atoms with Gasteiger partial charge in [-0.05, 0) is 44.5 Å². The number of halogens is 2. The predicted octanol–water partition coefficient (Wildman–Crippen LogP) is 4.15. The first kappa shape index (κ1) is 32.5. The SMILES string of the molecule is Cc1nn(C)c(OCC[C@H](C)Nc2cc(Cl)ncc2-c2ncc(CN3C[C@H](CS(C)(=O)=O)[C@H]3C)cc2F)c1-c1nccc(N)n1. The maximum Gasteiger partial charge on any atom is 0.223 e. The Morgan fingerprint density at radius 3 is 2.71 bits per heavy atom. The summed E-state index contributed by atoms with van der Waals surface area (Å²) in [7, 11) is -1.25. The average molecular weight is 658 g/mol. The number of aryl methyl sites for hydroxylation is 2. The molecular formula is C30H37ClFN9O3S. The molecule has 3 atom stereocenters. The summed E-state index contributed by atoms with van der Waals surface area (Å²) in [4.78, 5) is 19.4. The predicted molar refractivity (Wildman–Crippen MR) is 172 cm³/mol. The monoisotopic (exact) mass is 657 g/mol. The van der Waals surface area contributed by atoms with Gasteiger partial charge in [0.05, 0.1) is 18.1 Å². The summed E-state index contributed by atoms with van der Waals surface area (Å²) < 4.78 is 46.6. The van der Waals surface area contributed by atoms with Crippen LogP contribution in [0.15, 0.2) is 36.8 Å². The molecule has 0 spiro atoms. The van der Waals surface area contributed by atoms with E-state index in [1.807, 2.05) is 20.8 Å². The van der Waals surface area contributed by atoms with Crippen molar-refractivity contribution in [3.63, 3.8) is 0 Å². The van der Waals surface area contributed by atoms with Crippen molar-refractivity contribution in [3.8, 4) is 28.5 Å². The second-order valence-electron chi connectivity index (χ2n) is 11.6. The first-order valence-corrected chi connectivity index (χ1v) is 17.0. The molecule has 0 radical (unpaired) electrons. The number of sulfone groups is 1. The van der Waals surface area contributed by atoms with Gasteiger partial charge in [-0.25, -0.2) is 32.4 Å². The highest BCUT2D eigenvalue weighted by molar-refractivity contribution is 7.90. The van der Waals surface area contributed by atoms with Crippen LogP contribution in [0.3, 0.4) is 0 Å². The summed E-state index contributed by atoms with van der Waals surface area (Å²) in [5.41, 5.74) is 9.18. The Balaban J connectivity index is 1.24. The number of hydrogen-bond donors (Lipinski definition) is 2. The maximum absolute atomic E-state index is 15.5. The van der Waals surface area contributed by atoms with Crippen LogP contribution in [-0.4, -0.2) is 80.3 Å². The van der Waals surface area contributed by atoms with E-state index in [9.17, 15) is 8.42 Å². The lowest BCUT2D eigenvalue weighted by Gasteiger charge is -2.46. The number of nitrogen functional groups attached to an aromatic ring is 1. The van der Waals surface area contributed by atoms with Gasteiger partial charge in [-0.3, -0.25) is 9.88 Å². The molecule has 4 aromatic rings. The van der Waals surface area contributed by atoms with Gasteiger partial charge in [0, 0.05) is 80.7 Å². The highest BCUT2D eigenvalue weighted by Crippen LogP contribution is 2.33. The molecule has 0 saturated carbocycles. The van der Waals surface area contributed by atoms with Crippen LogP contribution < -0.4 is 15.8 Å². The molecule has 45 heavy (non-hydrogen) atoms. The van der Waals surface area contributed by atoms with Crippen LogP contribution in [-0.2, 0) is 23.4 Å². The Kier molecular flexibility index (Phi) is 9.56. The fourth-order valence-corrected chi connectivity index (χ4v) is 6.85. The lowest BCUT2D eigenvalue weighted by atomic mass is 9.91. The zero-order chi connectivity index (χ0) is 32.5. The average Bonchev–Trinajstić information content (AvgIpc) is 3.24. The quantitative estimate of drug-likeness (QED) is 0.211. The van der Waals surface area contributed by atoms with E-state index in [1.165, 1.54) is 18.5 Å². The normalized spacial score (nSPS) is 17.6. The van der Waals surface area contributed by atoms with Crippen LogP contribution >= 0.6 is 11.6 Å². The van der Waals surface area contributed by atoms with E-state index in [0.29, 0.717) is 66.0 Å². The molecule has 1 fully saturated rings. The zero-order valence-corrected chi connectivity index (χ0v) is 27.4. The van der Waals surface area contributed by atoms with Crippen LogP contribution in [0.2, 0.25) is 5.15 Å². The molecular weight excluding hydrogens is 621 g/mol. The molecule has 0 aliphatic carbocycles. The van der Waals surface area contributed by atoms with Gasteiger partial charge in [0.1, 0.15) is 37.9 Å². The molecule has 1 saturated heterocycles. The van der Waals surface area contributed by atoms with Crippen LogP contribution in [0.1, 0.15) is 31.5 Å². The number of pyridine rings is 2. The van der Waals surface area contributed by atoms with Crippen molar-refractivity contribution in [2.45, 2.75) is 45.8 Å². The number of aromatic nitrogens is 6. The van der Waals surface area contributed by atoms with Gasteiger partial charge in [0.2, 0.25) is 5.88 Å². The Morgan fingerprint density at radius 1 is 1.24 bits per heavy atom. The highest BCUT2D eigenvalue weighted by Gasteiger charge is 2.37. The van der Waals surface area contributed by atoms with E-state index in [2.05, 4.69) is 35.3 Å². The number of nitrogens with zero attached hydrogens (tertiary/aromatic N) is 7. The fourth-order valence-electron chi connectivity index (χ4n) is 5.53. The third-order valence-electron chi connectivity index (χ3n) is 7.92. The van der Waals surface area contributed by atoms with Crippen LogP contribution in [0.5, 0.6) is 5.88 Å². The number of nitrogens with one attached hydrogen (secondary N) is 1. The topological polar surface area (TPSA) is 154 Å². The van der Waals surface area contributed by atoms with Crippen LogP contribution in [0.4, 0.5) is 15.9 Å². The minimum absolute atomic E-state index is 0.0748. The summed E-state index contributed by atoms with van der Waals surface area (Å²) in [5.74, 6) is 1.06. The van der Waals surface area contributed by atoms with Gasteiger partial charge in [-0.2, -0.15) is 5.10 Å². The minimum atomic E-state index is -3.04. The maximum atomic E-state index is 15.5. The van der Waals surface area contributed by atoms with Gasteiger partial charge >= 0.3 is 0 Å². The smallest absolute Gasteiger partial charge is 0.223 e. The first-order valence-electron chi connectivity index (χ1n) is 14.5. The van der Waals surface area contributed by atoms with Crippen molar-refractivity contribution in [1.29, 1.82) is 0 Å². The van der Waals surface area contributed by atoms with Crippen molar-refractivity contribution in [2.24, 2.45) is 13.0 Å². The van der Waals surface area contributed by atoms with Crippen molar-refractivity contribution < 1.29 is 17.5 Å². The van der Waals surface area contributed by atoms with Gasteiger partial charge in [0.15, 0.2) is 5.82 Å². The number of hydrogen-bond acceptors (Lipinski definition) is 11. The minimum Gasteiger partial charge on any atom is -0.477 e. The molecule has 3 N–H and O–H groups in total. The largest absolute Gasteiger partial charge is 0.477 e. The van der Waals surface area contributed by atoms with E-state index < -0.39 is 15.7 Å². The van der Waals surface area contributed by atoms with E-state index >= 15 is 4.39 Å². The molecule has 5 rings (SSSR count). The van der Waals surface area contributed by atoms with Gasteiger partial charge < -0.3 is 15.8 Å². The molecule has 15 heteroatoms. The Morgan fingerprint density at radius 2 is 2.02 bits per heavy atom. The van der Waals surface area contributed by atoms with Crippen LogP contribution in [0, 0.1) is 18.7 Å². The zero-order valence-electron chi connectivity index (χ0n) is 25.8. The third-order valence-corrected chi connectivity index (χ3v) is 9.16. The second-order valence-corrected chi connectivity index (χ2v) is 14.2. The summed E-state index contributed by atoms with van der Waals surface area (Å²) in [5, 5.41) is 8.12. The number of likely N-dealkylation sites (tertiary alicyclic amines) is 1. The van der Waals surface area contributed by atoms with E-state index in [-0.39, 0.29) is 34.6 Å². The number of rotatable bonds is 12. The molecule has 5 heterocycles. The lowest BCUT2D eigenvalue weighted by molar-refractivity contribution is 0.0323. The summed E-state index contributed by atoms with van der Waals surface area (Å²) >= 11 is 6.23. The Labute approximate surface area is 267 Å². The molecule has 240 valence electrons. The van der Waals surface area contributed by atoms with E-state index in [4.69, 9.17) is 22.1 Å². The third kappa shape index (κ3) is 7.68. The number of anilines is 2. The molecule has 1 aliphatic rings. The number of nitrogens with two attached hydrogens (primary N) is 1. The Bertz CT molecular complexity index is 1800. The second kappa shape index (κ2) is 13.2. The molecule has 12 nitrogen and oxygen atoms in total. The van der Waals surface area contributed by atoms with Gasteiger partial charge in [-0.15, -0.1) is 0 Å². The van der Waals surface area contributed by atoms with Crippen molar-refractivity contribution in [3.05, 3.63) is 59.0 Å². The van der Waals surface area contributed by atoms with Crippen molar-refractivity contribution in [2.75, 3.05) is 36.2 Å². The lowest BCUT2D eigenvalue weighted by Crippen LogP contribution is -2.56. The van der Waals surface area contributed by atoms with E-state index in [1.54, 1.807) is 36.3 Å². The standard InChI is InChI=1S/C30H37ClFN9O3S/c1-17(7-9-44-30-27(18(2)39-40(30)4)29-34-8-6-26(33)38-29)37-24-11-25(31)35-13-22(24)28-23(32)10-20(12-36-28)14-41-15-21(19(41)3)16-45(5,42)43/h6,8,10-13,17,19,21H,7,9,14-16H2,1-5H3,(H,35,37)(H2,33,34,38)/t17-,19+,21+/m0/s1. The first-order chi connectivity index (χ1) is 21.3. The number of ether oxygens (including phenoxy) is 1. The summed E-state index contributed by atoms with van der Waals surface area (Å²) in [6.45, 7) is 7.30. The molecule has 0 bridgehead atoms. The van der Waals surface area contributed by atoms with Crippen molar-refractivity contribution >= 4 is 32.9 Å². The molecule has 0 amide bonds. The highest BCUT2D eigenvalue weighted by atomic mass is 35.5. The Hall–Kier alpha value is -3.88. The summed E-state index contributed by atoms with van der Waals surface area (Å²) in [6, 6.07) is 4.72. The van der Waals surface area contributed by atoms with Gasteiger partial charge in [-0.1, -0.05) is 11.6 Å². The fraction of sp³-hybridized carbons (Fsp3) is 0.433. The van der Waals surface area contributed by atoms with Gasteiger partial charge in [0.25, 0.3) is 0 Å². The molecule has 4 aromatic heterocycles. The molecule has 0 unspecified atom stereocenters.